The van der Waals surface area contributed by atoms with Crippen molar-refractivity contribution in [3.63, 3.8) is 0 Å². The molecule has 0 amide bonds. The van der Waals surface area contributed by atoms with Gasteiger partial charge in [0, 0.05) is 44.9 Å². The summed E-state index contributed by atoms with van der Waals surface area (Å²) in [4.78, 5) is 13.1. The molecule has 0 spiro atoms. The van der Waals surface area contributed by atoms with Gasteiger partial charge in [0.1, 0.15) is 0 Å². The average molecular weight is 879 g/mol. The molecule has 1 aliphatic heterocycles. The lowest BCUT2D eigenvalue weighted by molar-refractivity contribution is 0.587. The van der Waals surface area contributed by atoms with Crippen LogP contribution in [0.15, 0.2) is 206 Å². The van der Waals surface area contributed by atoms with Crippen molar-refractivity contribution >= 4 is 44.2 Å². The van der Waals surface area contributed by atoms with Gasteiger partial charge in [-0.2, -0.15) is 0 Å². The first kappa shape index (κ1) is 41.6. The molecule has 0 saturated carbocycles. The lowest BCUT2D eigenvalue weighted by Crippen LogP contribution is -2.30. The number of benzene rings is 8. The molecule has 0 radical (unpaired) electrons. The van der Waals surface area contributed by atoms with E-state index in [1.54, 1.807) is 0 Å². The van der Waals surface area contributed by atoms with Crippen molar-refractivity contribution in [3.05, 3.63) is 223 Å². The van der Waals surface area contributed by atoms with E-state index in [2.05, 4.69) is 245 Å². The van der Waals surface area contributed by atoms with Gasteiger partial charge in [0.05, 0.1) is 39.5 Å². The number of anilines is 2. The summed E-state index contributed by atoms with van der Waals surface area (Å²) in [5, 5.41) is 2.49. The second kappa shape index (κ2) is 15.9. The summed E-state index contributed by atoms with van der Waals surface area (Å²) in [6.45, 7) is 13.8. The zero-order valence-electron chi connectivity index (χ0n) is 39.6. The summed E-state index contributed by atoms with van der Waals surface area (Å²) < 4.78 is 2.44. The van der Waals surface area contributed by atoms with E-state index in [0.29, 0.717) is 0 Å². The molecule has 2 unspecified atom stereocenters. The third-order valence-electron chi connectivity index (χ3n) is 14.2. The number of hydrogen-bond donors (Lipinski definition) is 0. The standard InChI is InChI=1S/C64H54N4/c1-63(2,3)51-19-9-15-25-59(51)67-55-23-13-7-17-47(55)49-39-45(35-37-57(49)67)41-27-31-43(32-28-41)61-62(66-54-22-12-11-21-53(54)65-61)44-33-29-42(30-34-44)46-36-38-58-50(40-46)48-18-8-14-24-56(48)68(58)60-26-16-10-20-52(60)64(4,5)6/h7-40,47,55H,1-6H3. The normalized spacial score (nSPS) is 15.6. The molecule has 0 saturated heterocycles. The summed E-state index contributed by atoms with van der Waals surface area (Å²) in [7, 11) is 0. The Labute approximate surface area is 399 Å². The lowest BCUT2D eigenvalue weighted by atomic mass is 9.85. The molecule has 10 aromatic rings. The van der Waals surface area contributed by atoms with Gasteiger partial charge in [-0.3, -0.25) is 0 Å². The highest BCUT2D eigenvalue weighted by Crippen LogP contribution is 2.51. The van der Waals surface area contributed by atoms with Crippen molar-refractivity contribution in [2.24, 2.45) is 0 Å². The third kappa shape index (κ3) is 6.97. The summed E-state index contributed by atoms with van der Waals surface area (Å²) in [5.41, 5.74) is 20.6. The minimum Gasteiger partial charge on any atom is -0.333 e. The minimum absolute atomic E-state index is 0.00366. The quantitative estimate of drug-likeness (QED) is 0.167. The van der Waals surface area contributed by atoms with Gasteiger partial charge in [-0.05, 0) is 104 Å². The Morgan fingerprint density at radius 1 is 0.397 bits per heavy atom. The molecule has 0 N–H and O–H groups in total. The van der Waals surface area contributed by atoms with Gasteiger partial charge < -0.3 is 9.47 Å². The van der Waals surface area contributed by atoms with Crippen molar-refractivity contribution in [2.45, 2.75) is 64.3 Å². The van der Waals surface area contributed by atoms with Crippen LogP contribution in [-0.4, -0.2) is 20.6 Å². The Bertz CT molecular complexity index is 3650. The molecular formula is C64H54N4. The van der Waals surface area contributed by atoms with Crippen LogP contribution in [0.3, 0.4) is 0 Å². The number of nitrogens with zero attached hydrogens (tertiary/aromatic N) is 4. The first-order chi connectivity index (χ1) is 33.0. The molecule has 68 heavy (non-hydrogen) atoms. The van der Waals surface area contributed by atoms with E-state index in [4.69, 9.17) is 9.97 Å². The molecule has 4 nitrogen and oxygen atoms in total. The van der Waals surface area contributed by atoms with Gasteiger partial charge >= 0.3 is 0 Å². The van der Waals surface area contributed by atoms with Gasteiger partial charge in [0.2, 0.25) is 0 Å². The maximum Gasteiger partial charge on any atom is 0.0973 e. The Hall–Kier alpha value is -7.82. The van der Waals surface area contributed by atoms with Crippen LogP contribution in [0, 0.1) is 0 Å². The summed E-state index contributed by atoms with van der Waals surface area (Å²) in [6.07, 6.45) is 9.14. The van der Waals surface area contributed by atoms with E-state index >= 15 is 0 Å². The molecule has 8 aromatic carbocycles. The molecule has 2 aromatic heterocycles. The Morgan fingerprint density at radius 3 is 1.53 bits per heavy atom. The molecule has 0 fully saturated rings. The second-order valence-electron chi connectivity index (χ2n) is 20.6. The van der Waals surface area contributed by atoms with Gasteiger partial charge in [-0.25, -0.2) is 9.97 Å². The van der Waals surface area contributed by atoms with Crippen molar-refractivity contribution < 1.29 is 0 Å². The highest BCUT2D eigenvalue weighted by atomic mass is 15.2. The molecule has 0 bridgehead atoms. The van der Waals surface area contributed by atoms with Crippen molar-refractivity contribution in [2.75, 3.05) is 4.90 Å². The predicted octanol–water partition coefficient (Wildman–Crippen LogP) is 16.7. The second-order valence-corrected chi connectivity index (χ2v) is 20.6. The summed E-state index contributed by atoms with van der Waals surface area (Å²) in [6, 6.07) is 66.7. The SMILES string of the molecule is CC(C)(C)c1ccccc1N1c2ccc(-c3ccc(-c4nc5ccccc5nc4-c4ccc(-c5ccc6c(c5)c5ccccc5n6-c5ccccc5C(C)(C)C)cc4)cc3)cc2C2C=CC=CC21. The average Bonchev–Trinajstić information content (AvgIpc) is 3.87. The lowest BCUT2D eigenvalue weighted by Gasteiger charge is -2.33. The van der Waals surface area contributed by atoms with Crippen LogP contribution >= 0.6 is 0 Å². The first-order valence-corrected chi connectivity index (χ1v) is 24.0. The molecule has 2 atom stereocenters. The van der Waals surface area contributed by atoms with Gasteiger partial charge in [0.15, 0.2) is 0 Å². The van der Waals surface area contributed by atoms with Crippen molar-refractivity contribution in [1.82, 2.24) is 14.5 Å². The van der Waals surface area contributed by atoms with Crippen molar-refractivity contribution in [1.29, 1.82) is 0 Å². The molecule has 1 aliphatic carbocycles. The maximum absolute atomic E-state index is 5.29. The predicted molar refractivity (Wildman–Crippen MR) is 286 cm³/mol. The van der Waals surface area contributed by atoms with Crippen LogP contribution < -0.4 is 4.90 Å². The van der Waals surface area contributed by atoms with E-state index in [-0.39, 0.29) is 22.8 Å². The van der Waals surface area contributed by atoms with Crippen LogP contribution in [-0.2, 0) is 10.8 Å². The smallest absolute Gasteiger partial charge is 0.0973 e. The summed E-state index contributed by atoms with van der Waals surface area (Å²) >= 11 is 0. The molecule has 2 aliphatic rings. The first-order valence-electron chi connectivity index (χ1n) is 24.0. The third-order valence-corrected chi connectivity index (χ3v) is 14.2. The van der Waals surface area contributed by atoms with Gasteiger partial charge in [-0.1, -0.05) is 193 Å². The maximum atomic E-state index is 5.29. The molecule has 12 rings (SSSR count). The number of para-hydroxylation sites is 5. The zero-order valence-corrected chi connectivity index (χ0v) is 39.6. The largest absolute Gasteiger partial charge is 0.333 e. The highest BCUT2D eigenvalue weighted by molar-refractivity contribution is 6.10. The highest BCUT2D eigenvalue weighted by Gasteiger charge is 2.39. The van der Waals surface area contributed by atoms with Crippen LogP contribution in [0.4, 0.5) is 11.4 Å². The van der Waals surface area contributed by atoms with Crippen LogP contribution in [0.1, 0.15) is 64.2 Å². The van der Waals surface area contributed by atoms with Crippen LogP contribution in [0.25, 0.3) is 83.3 Å². The molecule has 4 heteroatoms. The molecule has 3 heterocycles. The Kier molecular flexibility index (Phi) is 9.74. The number of hydrogen-bond acceptors (Lipinski definition) is 3. The summed E-state index contributed by atoms with van der Waals surface area (Å²) in [5.74, 6) is 0.274. The van der Waals surface area contributed by atoms with Gasteiger partial charge in [-0.15, -0.1) is 0 Å². The topological polar surface area (TPSA) is 34.0 Å². The fourth-order valence-corrected chi connectivity index (χ4v) is 10.9. The zero-order chi connectivity index (χ0) is 46.3. The number of rotatable bonds is 6. The Morgan fingerprint density at radius 2 is 0.882 bits per heavy atom. The van der Waals surface area contributed by atoms with Crippen molar-refractivity contribution in [3.8, 4) is 50.5 Å². The number of aromatic nitrogens is 3. The Balaban J connectivity index is 0.889. The van der Waals surface area contributed by atoms with E-state index in [1.807, 2.05) is 12.1 Å². The number of fused-ring (bicyclic) bond motifs is 7. The van der Waals surface area contributed by atoms with Crippen LogP contribution in [0.5, 0.6) is 0 Å². The monoisotopic (exact) mass is 878 g/mol. The van der Waals surface area contributed by atoms with E-state index in [1.165, 1.54) is 72.2 Å². The molecular weight excluding hydrogens is 825 g/mol. The van der Waals surface area contributed by atoms with E-state index in [9.17, 15) is 0 Å². The molecule has 330 valence electrons. The van der Waals surface area contributed by atoms with Gasteiger partial charge in [0.25, 0.3) is 0 Å². The minimum atomic E-state index is -0.00366. The van der Waals surface area contributed by atoms with E-state index < -0.39 is 0 Å². The van der Waals surface area contributed by atoms with Crippen LogP contribution in [0.2, 0.25) is 0 Å². The fraction of sp³-hybridized carbons (Fsp3) is 0.156. The number of allylic oxidation sites excluding steroid dienone is 2. The fourth-order valence-electron chi connectivity index (χ4n) is 10.9. The van der Waals surface area contributed by atoms with E-state index in [0.717, 1.165) is 39.1 Å².